The van der Waals surface area contributed by atoms with Crippen molar-refractivity contribution in [3.05, 3.63) is 24.3 Å². The summed E-state index contributed by atoms with van der Waals surface area (Å²) in [5, 5.41) is 0. The van der Waals surface area contributed by atoms with Crippen LogP contribution in [0.5, 0.6) is 0 Å². The van der Waals surface area contributed by atoms with Gasteiger partial charge in [-0.1, -0.05) is 39.0 Å². The van der Waals surface area contributed by atoms with Gasteiger partial charge in [-0.2, -0.15) is 0 Å². The first-order chi connectivity index (χ1) is 6.42. The fourth-order valence-electron chi connectivity index (χ4n) is 1.12. The number of carbonyl (C=O) groups excluding carboxylic acids is 1. The molecule has 80 valence electrons. The third-order valence-corrected chi connectivity index (χ3v) is 1.88. The molecular weight excluding hydrogens is 172 g/mol. The van der Waals surface area contributed by atoms with Gasteiger partial charge >= 0.3 is 0 Å². The third kappa shape index (κ3) is 11.2. The molecule has 0 aliphatic heterocycles. The highest BCUT2D eigenvalue weighted by atomic mass is 16.1. The fourth-order valence-corrected chi connectivity index (χ4v) is 1.12. The number of hydrogen-bond acceptors (Lipinski definition) is 1. The van der Waals surface area contributed by atoms with E-state index in [9.17, 15) is 4.79 Å². The minimum Gasteiger partial charge on any atom is -0.295 e. The second-order valence-corrected chi connectivity index (χ2v) is 4.85. The molecule has 14 heavy (non-hydrogen) atoms. The van der Waals surface area contributed by atoms with Gasteiger partial charge in [0.25, 0.3) is 0 Å². The second-order valence-electron chi connectivity index (χ2n) is 4.85. The molecule has 0 N–H and O–H groups in total. The van der Waals surface area contributed by atoms with Crippen molar-refractivity contribution in [1.82, 2.24) is 0 Å². The minimum atomic E-state index is 0.101. The van der Waals surface area contributed by atoms with E-state index < -0.39 is 0 Å². The molecule has 0 bridgehead atoms. The lowest BCUT2D eigenvalue weighted by molar-refractivity contribution is -0.112. The van der Waals surface area contributed by atoms with Crippen LogP contribution in [0.15, 0.2) is 24.3 Å². The van der Waals surface area contributed by atoms with E-state index in [1.165, 1.54) is 12.8 Å². The van der Waals surface area contributed by atoms with Crippen molar-refractivity contribution in [2.24, 2.45) is 5.41 Å². The van der Waals surface area contributed by atoms with Crippen molar-refractivity contribution in [3.8, 4) is 0 Å². The van der Waals surface area contributed by atoms with E-state index in [0.29, 0.717) is 5.41 Å². The Morgan fingerprint density at radius 1 is 1.21 bits per heavy atom. The average Bonchev–Trinajstić information content (AvgIpc) is 2.00. The number of allylic oxidation sites excluding steroid dienone is 4. The zero-order chi connectivity index (χ0) is 11.0. The van der Waals surface area contributed by atoms with E-state index in [4.69, 9.17) is 0 Å². The molecule has 0 rings (SSSR count). The van der Waals surface area contributed by atoms with Crippen LogP contribution in [-0.4, -0.2) is 5.78 Å². The zero-order valence-electron chi connectivity index (χ0n) is 9.84. The number of carbonyl (C=O) groups is 1. The van der Waals surface area contributed by atoms with E-state index in [1.54, 1.807) is 19.1 Å². The van der Waals surface area contributed by atoms with Crippen LogP contribution < -0.4 is 0 Å². The van der Waals surface area contributed by atoms with E-state index in [0.717, 1.165) is 6.42 Å². The number of hydrogen-bond donors (Lipinski definition) is 0. The van der Waals surface area contributed by atoms with Gasteiger partial charge in [-0.05, 0) is 37.7 Å². The first-order valence-corrected chi connectivity index (χ1v) is 5.25. The summed E-state index contributed by atoms with van der Waals surface area (Å²) in [5.74, 6) is 0.101. The van der Waals surface area contributed by atoms with Gasteiger partial charge in [-0.25, -0.2) is 0 Å². The van der Waals surface area contributed by atoms with Gasteiger partial charge in [0.1, 0.15) is 0 Å². The van der Waals surface area contributed by atoms with Crippen LogP contribution in [0.3, 0.4) is 0 Å². The molecule has 0 aliphatic rings. The van der Waals surface area contributed by atoms with Crippen LogP contribution >= 0.6 is 0 Å². The predicted molar refractivity (Wildman–Crippen MR) is 62.3 cm³/mol. The SMILES string of the molecule is CC(=O)/C=C/C=C/CCCC(C)(C)C. The molecule has 0 amide bonds. The van der Waals surface area contributed by atoms with Gasteiger partial charge in [0.05, 0.1) is 0 Å². The van der Waals surface area contributed by atoms with Crippen LogP contribution in [0.4, 0.5) is 0 Å². The maximum Gasteiger partial charge on any atom is 0.152 e. The highest BCUT2D eigenvalue weighted by molar-refractivity contribution is 5.87. The van der Waals surface area contributed by atoms with E-state index in [2.05, 4.69) is 26.8 Å². The summed E-state index contributed by atoms with van der Waals surface area (Å²) in [4.78, 5) is 10.5. The van der Waals surface area contributed by atoms with Gasteiger partial charge in [-0.3, -0.25) is 4.79 Å². The average molecular weight is 194 g/mol. The summed E-state index contributed by atoms with van der Waals surface area (Å²) in [7, 11) is 0. The van der Waals surface area contributed by atoms with Crippen molar-refractivity contribution in [2.45, 2.75) is 47.0 Å². The first kappa shape index (κ1) is 13.2. The Hall–Kier alpha value is -0.850. The Kier molecular flexibility index (Phi) is 6.18. The van der Waals surface area contributed by atoms with Crippen molar-refractivity contribution >= 4 is 5.78 Å². The van der Waals surface area contributed by atoms with Crippen molar-refractivity contribution in [1.29, 1.82) is 0 Å². The molecule has 0 aromatic rings. The fraction of sp³-hybridized carbons (Fsp3) is 0.615. The van der Waals surface area contributed by atoms with Gasteiger partial charge in [0, 0.05) is 0 Å². The molecule has 0 heterocycles. The Balaban J connectivity index is 3.50. The van der Waals surface area contributed by atoms with Gasteiger partial charge < -0.3 is 0 Å². The quantitative estimate of drug-likeness (QED) is 0.368. The lowest BCUT2D eigenvalue weighted by atomic mass is 9.90. The van der Waals surface area contributed by atoms with Gasteiger partial charge in [-0.15, -0.1) is 0 Å². The second kappa shape index (κ2) is 6.58. The number of ketones is 1. The molecule has 1 heteroatoms. The van der Waals surface area contributed by atoms with E-state index >= 15 is 0 Å². The summed E-state index contributed by atoms with van der Waals surface area (Å²) >= 11 is 0. The maximum absolute atomic E-state index is 10.5. The Morgan fingerprint density at radius 3 is 2.36 bits per heavy atom. The molecule has 0 atom stereocenters. The van der Waals surface area contributed by atoms with E-state index in [1.807, 2.05) is 6.08 Å². The minimum absolute atomic E-state index is 0.101. The smallest absolute Gasteiger partial charge is 0.152 e. The molecule has 0 aliphatic carbocycles. The number of unbranched alkanes of at least 4 members (excludes halogenated alkanes) is 1. The molecular formula is C13H22O. The standard InChI is InChI=1S/C13H22O/c1-12(14)10-8-6-5-7-9-11-13(2,3)4/h5-6,8,10H,7,9,11H2,1-4H3/b6-5+,10-8+. The summed E-state index contributed by atoms with van der Waals surface area (Å²) in [5.41, 5.74) is 0.434. The van der Waals surface area contributed by atoms with Crippen molar-refractivity contribution < 1.29 is 4.79 Å². The molecule has 0 saturated carbocycles. The van der Waals surface area contributed by atoms with Crippen molar-refractivity contribution in [3.63, 3.8) is 0 Å². The summed E-state index contributed by atoms with van der Waals surface area (Å²) < 4.78 is 0. The van der Waals surface area contributed by atoms with Crippen LogP contribution in [0.25, 0.3) is 0 Å². The Labute approximate surface area is 87.9 Å². The maximum atomic E-state index is 10.5. The monoisotopic (exact) mass is 194 g/mol. The predicted octanol–water partition coefficient (Wildman–Crippen LogP) is 3.90. The molecule has 0 saturated heterocycles. The van der Waals surface area contributed by atoms with Gasteiger partial charge in [0.2, 0.25) is 0 Å². The lowest BCUT2D eigenvalue weighted by Crippen LogP contribution is -2.03. The van der Waals surface area contributed by atoms with Crippen LogP contribution in [0, 0.1) is 5.41 Å². The number of rotatable bonds is 5. The molecule has 0 aromatic carbocycles. The topological polar surface area (TPSA) is 17.1 Å². The van der Waals surface area contributed by atoms with E-state index in [-0.39, 0.29) is 5.78 Å². The summed E-state index contributed by atoms with van der Waals surface area (Å²) in [6.45, 7) is 8.33. The molecule has 0 fully saturated rings. The summed E-state index contributed by atoms with van der Waals surface area (Å²) in [6, 6.07) is 0. The summed E-state index contributed by atoms with van der Waals surface area (Å²) in [6.07, 6.45) is 11.0. The normalized spacial score (nSPS) is 12.9. The Morgan fingerprint density at radius 2 is 1.86 bits per heavy atom. The first-order valence-electron chi connectivity index (χ1n) is 5.25. The Bertz CT molecular complexity index is 216. The molecule has 0 unspecified atom stereocenters. The van der Waals surface area contributed by atoms with Crippen LogP contribution in [0.1, 0.15) is 47.0 Å². The van der Waals surface area contributed by atoms with Gasteiger partial charge in [0.15, 0.2) is 5.78 Å². The highest BCUT2D eigenvalue weighted by Gasteiger charge is 2.07. The lowest BCUT2D eigenvalue weighted by Gasteiger charge is -2.16. The van der Waals surface area contributed by atoms with Crippen molar-refractivity contribution in [2.75, 3.05) is 0 Å². The zero-order valence-corrected chi connectivity index (χ0v) is 9.84. The third-order valence-electron chi connectivity index (χ3n) is 1.88. The van der Waals surface area contributed by atoms with Crippen LogP contribution in [-0.2, 0) is 4.79 Å². The highest BCUT2D eigenvalue weighted by Crippen LogP contribution is 2.21. The largest absolute Gasteiger partial charge is 0.295 e. The molecule has 1 nitrogen and oxygen atoms in total. The molecule has 0 radical (unpaired) electrons. The molecule has 0 aromatic heterocycles. The van der Waals surface area contributed by atoms with Crippen LogP contribution in [0.2, 0.25) is 0 Å². The molecule has 0 spiro atoms.